The van der Waals surface area contributed by atoms with Gasteiger partial charge in [-0.05, 0) is 94.1 Å². The molecule has 5 nitrogen and oxygen atoms in total. The van der Waals surface area contributed by atoms with Crippen molar-refractivity contribution in [1.82, 2.24) is 14.3 Å². The molecule has 6 aromatic rings. The Morgan fingerprint density at radius 1 is 0.780 bits per heavy atom. The van der Waals surface area contributed by atoms with Crippen molar-refractivity contribution in [3.8, 4) is 28.3 Å². The van der Waals surface area contributed by atoms with Gasteiger partial charge < -0.3 is 10.5 Å². The maximum Gasteiger partial charge on any atom is 0.129 e. The normalized spacial score (nSPS) is 12.0. The summed E-state index contributed by atoms with van der Waals surface area (Å²) in [4.78, 5) is 0. The van der Waals surface area contributed by atoms with Crippen LogP contribution in [-0.4, -0.2) is 14.3 Å². The zero-order valence-corrected chi connectivity index (χ0v) is 24.6. The molecule has 2 aromatic heterocycles. The molecule has 5 heteroatoms. The van der Waals surface area contributed by atoms with Crippen LogP contribution in [0.15, 0.2) is 84.9 Å². The molecule has 0 aliphatic rings. The summed E-state index contributed by atoms with van der Waals surface area (Å²) in [5.41, 5.74) is 18.0. The van der Waals surface area contributed by atoms with Crippen molar-refractivity contribution in [1.29, 1.82) is 0 Å². The van der Waals surface area contributed by atoms with Crippen molar-refractivity contribution in [2.75, 3.05) is 0 Å². The smallest absolute Gasteiger partial charge is 0.129 e. The van der Waals surface area contributed by atoms with Crippen LogP contribution < -0.4 is 10.5 Å². The highest BCUT2D eigenvalue weighted by Gasteiger charge is 2.19. The predicted octanol–water partition coefficient (Wildman–Crippen LogP) is 9.15. The lowest BCUT2D eigenvalue weighted by molar-refractivity contribution is 0.483. The van der Waals surface area contributed by atoms with Crippen LogP contribution in [0.3, 0.4) is 0 Å². The van der Waals surface area contributed by atoms with Gasteiger partial charge in [-0.1, -0.05) is 48.9 Å². The molecule has 6 rings (SSSR count). The molecule has 0 amide bonds. The van der Waals surface area contributed by atoms with Crippen molar-refractivity contribution in [3.05, 3.63) is 113 Å². The summed E-state index contributed by atoms with van der Waals surface area (Å²) in [5.74, 6) is 2.22. The van der Waals surface area contributed by atoms with Gasteiger partial charge in [0.05, 0.1) is 22.4 Å². The molecule has 0 radical (unpaired) electrons. The number of nitrogens with two attached hydrogens (primary N) is 1. The van der Waals surface area contributed by atoms with Crippen molar-refractivity contribution in [3.63, 3.8) is 0 Å². The second kappa shape index (κ2) is 10.3. The summed E-state index contributed by atoms with van der Waals surface area (Å²) in [7, 11) is 0. The molecule has 0 saturated carbocycles. The van der Waals surface area contributed by atoms with Crippen molar-refractivity contribution in [2.45, 2.75) is 48.0 Å². The number of aromatic nitrogens is 3. The molecule has 0 saturated heterocycles. The number of fused-ring (bicyclic) bond motifs is 3. The monoisotopic (exact) mass is 540 g/mol. The zero-order valence-electron chi connectivity index (χ0n) is 24.6. The van der Waals surface area contributed by atoms with E-state index in [1.54, 1.807) is 0 Å². The molecule has 0 spiro atoms. The molecule has 0 unspecified atom stereocenters. The molecular formula is C36H36N4O. The number of hydrogen-bond donors (Lipinski definition) is 1. The largest absolute Gasteiger partial charge is 0.457 e. The fraction of sp³-hybridized carbons (Fsp3) is 0.194. The van der Waals surface area contributed by atoms with Gasteiger partial charge >= 0.3 is 0 Å². The van der Waals surface area contributed by atoms with E-state index in [9.17, 15) is 0 Å². The summed E-state index contributed by atoms with van der Waals surface area (Å²) in [6.45, 7) is 12.8. The standard InChI is InChI=1S/C36H36N4O/c1-7-11-34(37)39-32-15-9-8-14-30(32)31-17-16-29(21-33(31)39)41-28-13-10-12-27(20-28)40-26(6)36(25(5)38-40)35-23(3)18-22(2)19-24(35)4/h8-21H,7,37H2,1-6H3/b34-11+. The molecule has 0 aliphatic heterocycles. The Labute approximate surface area is 241 Å². The number of allylic oxidation sites excluding steroid dienone is 1. The maximum absolute atomic E-state index is 6.54. The average Bonchev–Trinajstić information content (AvgIpc) is 3.42. The Balaban J connectivity index is 1.39. The first kappa shape index (κ1) is 26.5. The van der Waals surface area contributed by atoms with Crippen molar-refractivity contribution < 1.29 is 4.74 Å². The van der Waals surface area contributed by atoms with E-state index in [1.807, 2.05) is 41.1 Å². The highest BCUT2D eigenvalue weighted by molar-refractivity contribution is 6.10. The summed E-state index contributed by atoms with van der Waals surface area (Å²) >= 11 is 0. The Kier molecular flexibility index (Phi) is 6.66. The van der Waals surface area contributed by atoms with E-state index in [-0.39, 0.29) is 0 Å². The van der Waals surface area contributed by atoms with Crippen LogP contribution in [0.4, 0.5) is 0 Å². The molecule has 4 aromatic carbocycles. The van der Waals surface area contributed by atoms with E-state index in [2.05, 4.69) is 94.6 Å². The minimum atomic E-state index is 0.720. The quantitative estimate of drug-likeness (QED) is 0.229. The van der Waals surface area contributed by atoms with E-state index in [1.165, 1.54) is 33.2 Å². The van der Waals surface area contributed by atoms with E-state index in [0.717, 1.165) is 57.2 Å². The molecule has 0 aliphatic carbocycles. The van der Waals surface area contributed by atoms with Crippen LogP contribution in [-0.2, 0) is 0 Å². The number of aryl methyl sites for hydroxylation is 4. The Hall–Kier alpha value is -4.77. The summed E-state index contributed by atoms with van der Waals surface area (Å²) in [6, 6.07) is 27.2. The SMILES string of the molecule is CC/C=C(\N)n1c2ccccc2c2ccc(Oc3cccc(-n4nc(C)c(-c5c(C)cc(C)cc5C)c4C)c3)cc21. The van der Waals surface area contributed by atoms with E-state index in [4.69, 9.17) is 15.6 Å². The van der Waals surface area contributed by atoms with Crippen molar-refractivity contribution in [2.24, 2.45) is 5.73 Å². The summed E-state index contributed by atoms with van der Waals surface area (Å²) < 4.78 is 10.6. The topological polar surface area (TPSA) is 58.0 Å². The first-order valence-corrected chi connectivity index (χ1v) is 14.2. The number of ether oxygens (including phenoxy) is 1. The Bertz CT molecular complexity index is 1950. The number of para-hydroxylation sites is 1. The van der Waals surface area contributed by atoms with Crippen LogP contribution in [0.1, 0.15) is 41.4 Å². The van der Waals surface area contributed by atoms with Gasteiger partial charge in [0.2, 0.25) is 0 Å². The highest BCUT2D eigenvalue weighted by Crippen LogP contribution is 2.36. The molecule has 206 valence electrons. The van der Waals surface area contributed by atoms with Gasteiger partial charge in [0.1, 0.15) is 17.3 Å². The van der Waals surface area contributed by atoms with Gasteiger partial charge in [0.25, 0.3) is 0 Å². The molecular weight excluding hydrogens is 504 g/mol. The second-order valence-electron chi connectivity index (χ2n) is 10.9. The summed E-state index contributed by atoms with van der Waals surface area (Å²) in [6.07, 6.45) is 2.91. The second-order valence-corrected chi connectivity index (χ2v) is 10.9. The molecule has 2 N–H and O–H groups in total. The fourth-order valence-corrected chi connectivity index (χ4v) is 6.24. The number of nitrogens with zero attached hydrogens (tertiary/aromatic N) is 3. The van der Waals surface area contributed by atoms with Crippen LogP contribution in [0.2, 0.25) is 0 Å². The third-order valence-electron chi connectivity index (χ3n) is 7.83. The van der Waals surface area contributed by atoms with Gasteiger partial charge in [-0.3, -0.25) is 4.57 Å². The van der Waals surface area contributed by atoms with Crippen LogP contribution in [0.25, 0.3) is 44.4 Å². The van der Waals surface area contributed by atoms with Gasteiger partial charge in [-0.25, -0.2) is 4.68 Å². The summed E-state index contributed by atoms with van der Waals surface area (Å²) in [5, 5.41) is 7.27. The number of hydrogen-bond acceptors (Lipinski definition) is 3. The average molecular weight is 541 g/mol. The first-order chi connectivity index (χ1) is 19.8. The molecule has 41 heavy (non-hydrogen) atoms. The Morgan fingerprint density at radius 2 is 1.49 bits per heavy atom. The first-order valence-electron chi connectivity index (χ1n) is 14.2. The van der Waals surface area contributed by atoms with E-state index in [0.29, 0.717) is 0 Å². The van der Waals surface area contributed by atoms with Gasteiger partial charge in [-0.15, -0.1) is 0 Å². The number of benzene rings is 4. The molecule has 0 bridgehead atoms. The van der Waals surface area contributed by atoms with Crippen LogP contribution in [0, 0.1) is 34.6 Å². The zero-order chi connectivity index (χ0) is 28.8. The lowest BCUT2D eigenvalue weighted by Gasteiger charge is -2.13. The van der Waals surface area contributed by atoms with Gasteiger partial charge in [0, 0.05) is 34.2 Å². The number of rotatable bonds is 6. The lowest BCUT2D eigenvalue weighted by Crippen LogP contribution is -2.05. The fourth-order valence-electron chi connectivity index (χ4n) is 6.24. The maximum atomic E-state index is 6.54. The Morgan fingerprint density at radius 3 is 2.24 bits per heavy atom. The van der Waals surface area contributed by atoms with Crippen LogP contribution >= 0.6 is 0 Å². The van der Waals surface area contributed by atoms with Gasteiger partial charge in [-0.2, -0.15) is 5.10 Å². The molecule has 0 fully saturated rings. The molecule has 0 atom stereocenters. The van der Waals surface area contributed by atoms with E-state index < -0.39 is 0 Å². The highest BCUT2D eigenvalue weighted by atomic mass is 16.5. The van der Waals surface area contributed by atoms with E-state index >= 15 is 0 Å². The third kappa shape index (κ3) is 4.57. The minimum Gasteiger partial charge on any atom is -0.457 e. The van der Waals surface area contributed by atoms with Crippen molar-refractivity contribution >= 4 is 27.6 Å². The van der Waals surface area contributed by atoms with Gasteiger partial charge in [0.15, 0.2) is 0 Å². The minimum absolute atomic E-state index is 0.720. The lowest BCUT2D eigenvalue weighted by atomic mass is 9.92. The van der Waals surface area contributed by atoms with Crippen LogP contribution in [0.5, 0.6) is 11.5 Å². The predicted molar refractivity (Wildman–Crippen MR) is 171 cm³/mol. The third-order valence-corrected chi connectivity index (χ3v) is 7.83. The molecule has 2 heterocycles.